The highest BCUT2D eigenvalue weighted by Gasteiger charge is 2.15. The molecule has 8 heteroatoms. The molecule has 3 aromatic rings. The van der Waals surface area contributed by atoms with Crippen LogP contribution < -0.4 is 14.8 Å². The molecule has 3 rings (SSSR count). The molecule has 1 amide bonds. The van der Waals surface area contributed by atoms with Crippen LogP contribution in [0.3, 0.4) is 0 Å². The number of nitriles is 1. The van der Waals surface area contributed by atoms with Crippen molar-refractivity contribution in [3.8, 4) is 17.6 Å². The van der Waals surface area contributed by atoms with Crippen molar-refractivity contribution in [2.75, 3.05) is 11.9 Å². The number of carboxylic acid groups (broad SMARTS) is 1. The molecule has 0 heterocycles. The Morgan fingerprint density at radius 2 is 1.77 bits per heavy atom. The van der Waals surface area contributed by atoms with Gasteiger partial charge in [0.05, 0.1) is 12.2 Å². The van der Waals surface area contributed by atoms with E-state index in [1.807, 2.05) is 38.1 Å². The van der Waals surface area contributed by atoms with Gasteiger partial charge in [0.25, 0.3) is 5.91 Å². The lowest BCUT2D eigenvalue weighted by atomic mass is 10.1. The fraction of sp³-hybridized carbons (Fsp3) is 0.148. The largest absolute Gasteiger partial charge is 0.490 e. The zero-order chi connectivity index (χ0) is 25.4. The van der Waals surface area contributed by atoms with Crippen molar-refractivity contribution in [1.29, 1.82) is 5.26 Å². The lowest BCUT2D eigenvalue weighted by Crippen LogP contribution is -2.14. The Hall–Kier alpha value is -4.09. The number of aromatic carboxylic acids is 1. The first-order valence-electron chi connectivity index (χ1n) is 10.7. The first-order chi connectivity index (χ1) is 16.8. The summed E-state index contributed by atoms with van der Waals surface area (Å²) in [5.41, 5.74) is 3.01. The highest BCUT2D eigenvalue weighted by atomic mass is 79.9. The number of carboxylic acids is 1. The van der Waals surface area contributed by atoms with Gasteiger partial charge in [-0.3, -0.25) is 4.79 Å². The fourth-order valence-electron chi connectivity index (χ4n) is 3.15. The van der Waals surface area contributed by atoms with Crippen LogP contribution in [0, 0.1) is 18.3 Å². The highest BCUT2D eigenvalue weighted by molar-refractivity contribution is 9.10. The molecule has 0 aromatic heterocycles. The van der Waals surface area contributed by atoms with Gasteiger partial charge in [-0.1, -0.05) is 46.3 Å². The summed E-state index contributed by atoms with van der Waals surface area (Å²) in [6.07, 6.45) is 1.48. The van der Waals surface area contributed by atoms with Gasteiger partial charge in [-0.2, -0.15) is 5.26 Å². The topological polar surface area (TPSA) is 109 Å². The van der Waals surface area contributed by atoms with E-state index in [4.69, 9.17) is 14.6 Å². The molecule has 0 atom stereocenters. The van der Waals surface area contributed by atoms with E-state index in [0.29, 0.717) is 33.8 Å². The average Bonchev–Trinajstić information content (AvgIpc) is 2.84. The summed E-state index contributed by atoms with van der Waals surface area (Å²) in [6.45, 7) is 4.29. The second-order valence-electron chi connectivity index (χ2n) is 7.48. The molecule has 0 aliphatic rings. The number of halogens is 1. The zero-order valence-corrected chi connectivity index (χ0v) is 20.8. The number of rotatable bonds is 9. The van der Waals surface area contributed by atoms with Gasteiger partial charge in [0, 0.05) is 10.2 Å². The third-order valence-electron chi connectivity index (χ3n) is 5.02. The van der Waals surface area contributed by atoms with E-state index in [1.165, 1.54) is 18.2 Å². The Balaban J connectivity index is 1.83. The molecule has 2 N–H and O–H groups in total. The highest BCUT2D eigenvalue weighted by Crippen LogP contribution is 2.35. The lowest BCUT2D eigenvalue weighted by Gasteiger charge is -2.14. The Morgan fingerprint density at radius 3 is 2.40 bits per heavy atom. The molecule has 3 aromatic carbocycles. The van der Waals surface area contributed by atoms with Crippen molar-refractivity contribution in [1.82, 2.24) is 0 Å². The van der Waals surface area contributed by atoms with Crippen molar-refractivity contribution >= 4 is 39.6 Å². The molecule has 0 spiro atoms. The third kappa shape index (κ3) is 6.71. The number of carbonyl (C=O) groups is 2. The van der Waals surface area contributed by atoms with Crippen LogP contribution in [0.2, 0.25) is 0 Å². The molecular formula is C27H23BrN2O5. The van der Waals surface area contributed by atoms with Gasteiger partial charge in [-0.15, -0.1) is 0 Å². The Bertz CT molecular complexity index is 1310. The van der Waals surface area contributed by atoms with Crippen LogP contribution in [-0.2, 0) is 11.4 Å². The van der Waals surface area contributed by atoms with Gasteiger partial charge in [-0.05, 0) is 66.9 Å². The summed E-state index contributed by atoms with van der Waals surface area (Å²) in [7, 11) is 0. The van der Waals surface area contributed by atoms with Gasteiger partial charge in [0.15, 0.2) is 11.5 Å². The van der Waals surface area contributed by atoms with Crippen LogP contribution in [0.15, 0.2) is 70.7 Å². The second-order valence-corrected chi connectivity index (χ2v) is 8.34. The minimum absolute atomic E-state index is 0.0661. The van der Waals surface area contributed by atoms with E-state index in [9.17, 15) is 14.9 Å². The van der Waals surface area contributed by atoms with Crippen molar-refractivity contribution in [3.63, 3.8) is 0 Å². The quantitative estimate of drug-likeness (QED) is 0.258. The monoisotopic (exact) mass is 534 g/mol. The Kier molecular flexibility index (Phi) is 8.65. The minimum Gasteiger partial charge on any atom is -0.490 e. The molecule has 7 nitrogen and oxygen atoms in total. The molecule has 35 heavy (non-hydrogen) atoms. The van der Waals surface area contributed by atoms with Crippen molar-refractivity contribution in [2.24, 2.45) is 0 Å². The maximum absolute atomic E-state index is 12.7. The molecule has 178 valence electrons. The third-order valence-corrected chi connectivity index (χ3v) is 5.70. The van der Waals surface area contributed by atoms with Crippen LogP contribution in [0.1, 0.15) is 34.0 Å². The predicted molar refractivity (Wildman–Crippen MR) is 136 cm³/mol. The second kappa shape index (κ2) is 11.9. The standard InChI is InChI=1S/C27H23BrN2O5/c1-3-34-24-13-20(12-21(15-29)26(31)30-23-7-5-4-6-17(23)2)22(28)14-25(24)35-16-18-8-10-19(11-9-18)27(32)33/h4-14H,3,16H2,1-2H3,(H,30,31)(H,32,33)/b21-12+. The summed E-state index contributed by atoms with van der Waals surface area (Å²) in [5.74, 6) is -0.605. The van der Waals surface area contributed by atoms with E-state index < -0.39 is 11.9 Å². The van der Waals surface area contributed by atoms with Gasteiger partial charge in [-0.25, -0.2) is 4.79 Å². The van der Waals surface area contributed by atoms with Crippen LogP contribution >= 0.6 is 15.9 Å². The van der Waals surface area contributed by atoms with E-state index in [0.717, 1.165) is 11.1 Å². The first kappa shape index (κ1) is 25.5. The number of aryl methyl sites for hydroxylation is 1. The number of anilines is 1. The number of ether oxygens (including phenoxy) is 2. The number of nitrogens with zero attached hydrogens (tertiary/aromatic N) is 1. The normalized spacial score (nSPS) is 10.9. The molecule has 0 aliphatic carbocycles. The van der Waals surface area contributed by atoms with Crippen LogP contribution in [0.25, 0.3) is 6.08 Å². The smallest absolute Gasteiger partial charge is 0.335 e. The van der Waals surface area contributed by atoms with Gasteiger partial charge < -0.3 is 19.9 Å². The number of amides is 1. The Morgan fingerprint density at radius 1 is 1.09 bits per heavy atom. The van der Waals surface area contributed by atoms with E-state index >= 15 is 0 Å². The zero-order valence-electron chi connectivity index (χ0n) is 19.2. The lowest BCUT2D eigenvalue weighted by molar-refractivity contribution is -0.112. The molecular weight excluding hydrogens is 512 g/mol. The minimum atomic E-state index is -0.993. The van der Waals surface area contributed by atoms with Gasteiger partial charge in [0.1, 0.15) is 18.2 Å². The first-order valence-corrected chi connectivity index (χ1v) is 11.5. The summed E-state index contributed by atoms with van der Waals surface area (Å²) < 4.78 is 12.2. The SMILES string of the molecule is CCOc1cc(/C=C(\C#N)C(=O)Nc2ccccc2C)c(Br)cc1OCc1ccc(C(=O)O)cc1. The number of hydrogen-bond donors (Lipinski definition) is 2. The fourth-order valence-corrected chi connectivity index (χ4v) is 3.59. The van der Waals surface area contributed by atoms with Crippen LogP contribution in [-0.4, -0.2) is 23.6 Å². The summed E-state index contributed by atoms with van der Waals surface area (Å²) in [4.78, 5) is 23.7. The summed E-state index contributed by atoms with van der Waals surface area (Å²) in [5, 5.41) is 21.4. The number of para-hydroxylation sites is 1. The van der Waals surface area contributed by atoms with E-state index in [1.54, 1.807) is 30.3 Å². The molecule has 0 fully saturated rings. The van der Waals surface area contributed by atoms with Crippen molar-refractivity contribution < 1.29 is 24.2 Å². The average molecular weight is 535 g/mol. The molecule has 0 radical (unpaired) electrons. The number of nitrogens with one attached hydrogen (secondary N) is 1. The molecule has 0 saturated heterocycles. The number of hydrogen-bond acceptors (Lipinski definition) is 5. The number of benzene rings is 3. The summed E-state index contributed by atoms with van der Waals surface area (Å²) in [6, 6.07) is 19.1. The molecule has 0 unspecified atom stereocenters. The van der Waals surface area contributed by atoms with Gasteiger partial charge in [0.2, 0.25) is 0 Å². The predicted octanol–water partition coefficient (Wildman–Crippen LogP) is 5.98. The van der Waals surface area contributed by atoms with E-state index in [2.05, 4.69) is 21.2 Å². The molecule has 0 bridgehead atoms. The van der Waals surface area contributed by atoms with E-state index in [-0.39, 0.29) is 17.7 Å². The number of carbonyl (C=O) groups excluding carboxylic acids is 1. The van der Waals surface area contributed by atoms with Crippen LogP contribution in [0.4, 0.5) is 5.69 Å². The summed E-state index contributed by atoms with van der Waals surface area (Å²) >= 11 is 3.48. The van der Waals surface area contributed by atoms with Crippen molar-refractivity contribution in [2.45, 2.75) is 20.5 Å². The van der Waals surface area contributed by atoms with Gasteiger partial charge >= 0.3 is 5.97 Å². The molecule has 0 saturated carbocycles. The maximum atomic E-state index is 12.7. The Labute approximate surface area is 211 Å². The molecule has 0 aliphatic heterocycles. The maximum Gasteiger partial charge on any atom is 0.335 e. The van der Waals surface area contributed by atoms with Crippen LogP contribution in [0.5, 0.6) is 11.5 Å². The van der Waals surface area contributed by atoms with Crippen molar-refractivity contribution in [3.05, 3.63) is 93.0 Å².